The van der Waals surface area contributed by atoms with Crippen LogP contribution in [-0.4, -0.2) is 34.9 Å². The Balaban J connectivity index is 1.89. The molecule has 2 atom stereocenters. The number of likely N-dealkylation sites (tertiary alicyclic amines) is 1. The average molecular weight is 252 g/mol. The average Bonchev–Trinajstić information content (AvgIpc) is 2.38. The maximum absolute atomic E-state index is 12.1. The molecule has 2 aliphatic rings. The number of carbonyl (C=O) groups is 1. The van der Waals surface area contributed by atoms with Gasteiger partial charge < -0.3 is 4.90 Å². The van der Waals surface area contributed by atoms with Crippen LogP contribution in [0.5, 0.6) is 0 Å². The van der Waals surface area contributed by atoms with E-state index < -0.39 is 0 Å². The lowest BCUT2D eigenvalue weighted by molar-refractivity contribution is -0.134. The van der Waals surface area contributed by atoms with Gasteiger partial charge in [-0.1, -0.05) is 12.8 Å². The number of piperidine rings is 1. The van der Waals surface area contributed by atoms with Gasteiger partial charge in [-0.2, -0.15) is 5.26 Å². The first kappa shape index (κ1) is 12.8. The Hall–Kier alpha value is -0.690. The van der Waals surface area contributed by atoms with E-state index in [4.69, 9.17) is 5.26 Å². The summed E-state index contributed by atoms with van der Waals surface area (Å²) in [6.07, 6.45) is 7.58. The van der Waals surface area contributed by atoms with Crippen molar-refractivity contribution in [3.8, 4) is 6.07 Å². The molecule has 0 N–H and O–H groups in total. The highest BCUT2D eigenvalue weighted by molar-refractivity contribution is 8.00. The fraction of sp³-hybridized carbons (Fsp3) is 0.846. The van der Waals surface area contributed by atoms with E-state index in [2.05, 4.69) is 11.0 Å². The Kier molecular flexibility index (Phi) is 4.73. The third kappa shape index (κ3) is 3.16. The predicted octanol–water partition coefficient (Wildman–Crippen LogP) is 2.42. The maximum Gasteiger partial charge on any atom is 0.232 e. The number of thioether (sulfide) groups is 1. The Morgan fingerprint density at radius 1 is 1.29 bits per heavy atom. The Morgan fingerprint density at radius 3 is 2.88 bits per heavy atom. The van der Waals surface area contributed by atoms with Crippen LogP contribution < -0.4 is 0 Å². The molecular formula is C13H20N2OS. The molecule has 1 heterocycles. The van der Waals surface area contributed by atoms with Gasteiger partial charge in [0.1, 0.15) is 0 Å². The lowest BCUT2D eigenvalue weighted by atomic mass is 9.78. The first-order valence-corrected chi connectivity index (χ1v) is 7.72. The highest BCUT2D eigenvalue weighted by Gasteiger charge is 2.35. The zero-order chi connectivity index (χ0) is 12.1. The molecule has 0 aromatic rings. The molecule has 2 fully saturated rings. The molecule has 94 valence electrons. The van der Waals surface area contributed by atoms with Gasteiger partial charge in [0.15, 0.2) is 0 Å². The number of amides is 1. The number of hydrogen-bond acceptors (Lipinski definition) is 3. The van der Waals surface area contributed by atoms with Crippen molar-refractivity contribution in [1.82, 2.24) is 4.90 Å². The van der Waals surface area contributed by atoms with E-state index >= 15 is 0 Å². The minimum atomic E-state index is 0.252. The van der Waals surface area contributed by atoms with Gasteiger partial charge in [-0.3, -0.25) is 4.79 Å². The van der Waals surface area contributed by atoms with Crippen LogP contribution in [0, 0.1) is 17.2 Å². The summed E-state index contributed by atoms with van der Waals surface area (Å²) in [6, 6.07) is 2.58. The van der Waals surface area contributed by atoms with Crippen LogP contribution in [0.1, 0.15) is 38.5 Å². The van der Waals surface area contributed by atoms with Crippen molar-refractivity contribution in [2.24, 2.45) is 5.92 Å². The molecular weight excluding hydrogens is 232 g/mol. The SMILES string of the molecule is N#CCSCC(=O)N1CCC[C@@H]2CCCC[C@H]21. The molecule has 0 spiro atoms. The lowest BCUT2D eigenvalue weighted by Crippen LogP contribution is -2.50. The fourth-order valence-electron chi connectivity index (χ4n) is 3.20. The van der Waals surface area contributed by atoms with Crippen molar-refractivity contribution in [3.63, 3.8) is 0 Å². The topological polar surface area (TPSA) is 44.1 Å². The van der Waals surface area contributed by atoms with E-state index in [0.29, 0.717) is 17.5 Å². The van der Waals surface area contributed by atoms with Crippen molar-refractivity contribution in [1.29, 1.82) is 5.26 Å². The van der Waals surface area contributed by atoms with E-state index in [1.807, 2.05) is 0 Å². The van der Waals surface area contributed by atoms with E-state index in [1.54, 1.807) is 0 Å². The van der Waals surface area contributed by atoms with Crippen LogP contribution in [-0.2, 0) is 4.79 Å². The van der Waals surface area contributed by atoms with Crippen molar-refractivity contribution in [3.05, 3.63) is 0 Å². The van der Waals surface area contributed by atoms with Crippen molar-refractivity contribution in [2.45, 2.75) is 44.6 Å². The van der Waals surface area contributed by atoms with E-state index in [0.717, 1.165) is 18.9 Å². The van der Waals surface area contributed by atoms with Gasteiger partial charge in [-0.25, -0.2) is 0 Å². The Labute approximate surface area is 108 Å². The van der Waals surface area contributed by atoms with E-state index in [-0.39, 0.29) is 5.91 Å². The first-order valence-electron chi connectivity index (χ1n) is 6.57. The number of nitrogens with zero attached hydrogens (tertiary/aromatic N) is 2. The molecule has 1 aliphatic heterocycles. The third-order valence-corrected chi connectivity index (χ3v) is 4.74. The second-order valence-electron chi connectivity index (χ2n) is 4.99. The minimum Gasteiger partial charge on any atom is -0.339 e. The van der Waals surface area contributed by atoms with Crippen molar-refractivity contribution < 1.29 is 4.79 Å². The molecule has 0 unspecified atom stereocenters. The summed E-state index contributed by atoms with van der Waals surface area (Å²) in [4.78, 5) is 14.2. The molecule has 1 aliphatic carbocycles. The summed E-state index contributed by atoms with van der Waals surface area (Å²) in [6.45, 7) is 0.938. The predicted molar refractivity (Wildman–Crippen MR) is 69.6 cm³/mol. The Morgan fingerprint density at radius 2 is 2.06 bits per heavy atom. The smallest absolute Gasteiger partial charge is 0.232 e. The van der Waals surface area contributed by atoms with Crippen LogP contribution in [0.2, 0.25) is 0 Å². The molecule has 0 aromatic heterocycles. The Bertz CT molecular complexity index is 311. The largest absolute Gasteiger partial charge is 0.339 e. The van der Waals surface area contributed by atoms with Gasteiger partial charge in [-0.15, -0.1) is 11.8 Å². The molecule has 4 heteroatoms. The molecule has 2 rings (SSSR count). The number of nitriles is 1. The summed E-state index contributed by atoms with van der Waals surface area (Å²) in [5.41, 5.74) is 0. The summed E-state index contributed by atoms with van der Waals surface area (Å²) < 4.78 is 0. The highest BCUT2D eigenvalue weighted by atomic mass is 32.2. The molecule has 0 bridgehead atoms. The van der Waals surface area contributed by atoms with Crippen LogP contribution in [0.25, 0.3) is 0 Å². The lowest BCUT2D eigenvalue weighted by Gasteiger charge is -2.44. The van der Waals surface area contributed by atoms with Crippen LogP contribution in [0.15, 0.2) is 0 Å². The summed E-state index contributed by atoms with van der Waals surface area (Å²) >= 11 is 1.44. The minimum absolute atomic E-state index is 0.252. The van der Waals surface area contributed by atoms with Crippen LogP contribution in [0.4, 0.5) is 0 Å². The number of hydrogen-bond donors (Lipinski definition) is 0. The second-order valence-corrected chi connectivity index (χ2v) is 5.98. The quantitative estimate of drug-likeness (QED) is 0.725. The third-order valence-electron chi connectivity index (χ3n) is 3.96. The molecule has 3 nitrogen and oxygen atoms in total. The van der Waals surface area contributed by atoms with Gasteiger partial charge in [0.2, 0.25) is 5.91 Å². The van der Waals surface area contributed by atoms with E-state index in [9.17, 15) is 4.79 Å². The summed E-state index contributed by atoms with van der Waals surface area (Å²) in [5.74, 6) is 1.91. The zero-order valence-corrected chi connectivity index (χ0v) is 11.0. The first-order chi connectivity index (χ1) is 8.33. The van der Waals surface area contributed by atoms with Gasteiger partial charge in [0.05, 0.1) is 17.6 Å². The normalized spacial score (nSPS) is 28.3. The molecule has 1 amide bonds. The fourth-order valence-corrected chi connectivity index (χ4v) is 3.74. The van der Waals surface area contributed by atoms with Gasteiger partial charge in [0.25, 0.3) is 0 Å². The standard InChI is InChI=1S/C13H20N2OS/c14-7-9-17-10-13(16)15-8-3-5-11-4-1-2-6-12(11)15/h11-12H,1-6,8-10H2/t11-,12+/m0/s1. The molecule has 0 radical (unpaired) electrons. The number of carbonyl (C=O) groups excluding carboxylic acids is 1. The van der Waals surface area contributed by atoms with Gasteiger partial charge in [0, 0.05) is 12.6 Å². The number of fused-ring (bicyclic) bond motifs is 1. The molecule has 0 aromatic carbocycles. The van der Waals surface area contributed by atoms with Gasteiger partial charge in [-0.05, 0) is 31.6 Å². The molecule has 1 saturated carbocycles. The second kappa shape index (κ2) is 6.30. The van der Waals surface area contributed by atoms with Crippen LogP contribution in [0.3, 0.4) is 0 Å². The van der Waals surface area contributed by atoms with Crippen molar-refractivity contribution in [2.75, 3.05) is 18.1 Å². The monoisotopic (exact) mass is 252 g/mol. The molecule has 1 saturated heterocycles. The van der Waals surface area contributed by atoms with E-state index in [1.165, 1.54) is 43.9 Å². The maximum atomic E-state index is 12.1. The highest BCUT2D eigenvalue weighted by Crippen LogP contribution is 2.35. The zero-order valence-electron chi connectivity index (χ0n) is 10.2. The summed E-state index contributed by atoms with van der Waals surface area (Å²) in [5, 5.41) is 8.48. The molecule has 17 heavy (non-hydrogen) atoms. The summed E-state index contributed by atoms with van der Waals surface area (Å²) in [7, 11) is 0. The number of rotatable bonds is 3. The van der Waals surface area contributed by atoms with Gasteiger partial charge >= 0.3 is 0 Å². The van der Waals surface area contributed by atoms with Crippen LogP contribution >= 0.6 is 11.8 Å². The van der Waals surface area contributed by atoms with Crippen molar-refractivity contribution >= 4 is 17.7 Å².